The first-order chi connectivity index (χ1) is 11.5. The molecule has 0 N–H and O–H groups in total. The molecule has 0 aliphatic heterocycles. The van der Waals surface area contributed by atoms with Gasteiger partial charge in [0.2, 0.25) is 0 Å². The zero-order valence-corrected chi connectivity index (χ0v) is 18.5. The Labute approximate surface area is 164 Å². The minimum atomic E-state index is 0.685. The van der Waals surface area contributed by atoms with E-state index in [2.05, 4.69) is 43.4 Å². The summed E-state index contributed by atoms with van der Waals surface area (Å²) in [6.07, 6.45) is 17.0. The molecule has 0 aromatic carbocycles. The highest BCUT2D eigenvalue weighted by Crippen LogP contribution is 2.68. The van der Waals surface area contributed by atoms with Gasteiger partial charge >= 0.3 is 0 Å². The molecule has 1 heteroatoms. The lowest BCUT2D eigenvalue weighted by atomic mass is 9.44. The molecule has 24 heavy (non-hydrogen) atoms. The Hall–Kier alpha value is 0.730. The molecule has 0 aromatic rings. The van der Waals surface area contributed by atoms with Gasteiger partial charge in [0.25, 0.3) is 0 Å². The molecule has 4 aliphatic rings. The van der Waals surface area contributed by atoms with Gasteiger partial charge in [-0.2, -0.15) is 0 Å². The van der Waals surface area contributed by atoms with E-state index in [1.54, 1.807) is 51.4 Å². The second-order valence-corrected chi connectivity index (χ2v) is 11.7. The molecule has 138 valence electrons. The van der Waals surface area contributed by atoms with Gasteiger partial charge in [-0.25, -0.2) is 0 Å². The van der Waals surface area contributed by atoms with Crippen molar-refractivity contribution in [2.45, 2.75) is 91.4 Å². The fourth-order valence-corrected chi connectivity index (χ4v) is 9.63. The fourth-order valence-electron chi connectivity index (χ4n) is 8.64. The summed E-state index contributed by atoms with van der Waals surface area (Å²) in [6, 6.07) is 0. The van der Waals surface area contributed by atoms with E-state index in [9.17, 15) is 0 Å². The SMILES string of the molecule is C[C@H](CCI)[C@H]1CC[C@H]2[C@@H]3CC[C@@H]4CCCC[C@]4(C)[C@H]3CC[C@]12C. The van der Waals surface area contributed by atoms with Crippen LogP contribution in [-0.4, -0.2) is 4.43 Å². The van der Waals surface area contributed by atoms with Crippen LogP contribution >= 0.6 is 22.6 Å². The standard InChI is InChI=1S/C23H39I/c1-16(12-15-24)19-9-10-20-18-8-7-17-6-4-5-13-22(17,2)21(18)11-14-23(19,20)3/h16-21H,4-15H2,1-3H3/t16-,17+,18+,19-,20+,21+,22+,23-/m1/s1. The van der Waals surface area contributed by atoms with Crippen molar-refractivity contribution < 1.29 is 0 Å². The normalized spacial score (nSPS) is 52.2. The molecule has 4 rings (SSSR count). The lowest BCUT2D eigenvalue weighted by molar-refractivity contribution is -0.114. The summed E-state index contributed by atoms with van der Waals surface area (Å²) < 4.78 is 1.35. The molecule has 0 aromatic heterocycles. The lowest BCUT2D eigenvalue weighted by Crippen LogP contribution is -2.53. The van der Waals surface area contributed by atoms with Crippen LogP contribution in [0.25, 0.3) is 0 Å². The largest absolute Gasteiger partial charge is 0.0864 e. The van der Waals surface area contributed by atoms with Gasteiger partial charge in [0, 0.05) is 0 Å². The molecule has 0 radical (unpaired) electrons. The van der Waals surface area contributed by atoms with E-state index in [0.717, 1.165) is 35.5 Å². The molecule has 0 bridgehead atoms. The van der Waals surface area contributed by atoms with E-state index in [0.29, 0.717) is 10.8 Å². The number of halogens is 1. The number of rotatable bonds is 3. The van der Waals surface area contributed by atoms with Crippen molar-refractivity contribution >= 4 is 22.6 Å². The van der Waals surface area contributed by atoms with Gasteiger partial charge in [0.15, 0.2) is 0 Å². The summed E-state index contributed by atoms with van der Waals surface area (Å²) in [5, 5.41) is 0. The highest BCUT2D eigenvalue weighted by Gasteiger charge is 2.59. The van der Waals surface area contributed by atoms with Gasteiger partial charge < -0.3 is 0 Å². The molecule has 0 spiro atoms. The summed E-state index contributed by atoms with van der Waals surface area (Å²) >= 11 is 2.59. The molecular formula is C23H39I. The van der Waals surface area contributed by atoms with E-state index >= 15 is 0 Å². The average molecular weight is 442 g/mol. The Morgan fingerprint density at radius 1 is 0.875 bits per heavy atom. The van der Waals surface area contributed by atoms with E-state index in [1.165, 1.54) is 23.7 Å². The lowest BCUT2D eigenvalue weighted by Gasteiger charge is -2.61. The third-order valence-electron chi connectivity index (χ3n) is 9.91. The molecule has 4 fully saturated rings. The first-order valence-corrected chi connectivity index (χ1v) is 12.6. The first kappa shape index (κ1) is 18.1. The number of alkyl halides is 1. The Kier molecular flexibility index (Phi) is 5.07. The summed E-state index contributed by atoms with van der Waals surface area (Å²) in [7, 11) is 0. The van der Waals surface area contributed by atoms with Crippen LogP contribution in [0.15, 0.2) is 0 Å². The highest BCUT2D eigenvalue weighted by atomic mass is 127. The van der Waals surface area contributed by atoms with Crippen molar-refractivity contribution in [1.82, 2.24) is 0 Å². The van der Waals surface area contributed by atoms with Gasteiger partial charge in [0.1, 0.15) is 0 Å². The monoisotopic (exact) mass is 442 g/mol. The summed E-state index contributed by atoms with van der Waals surface area (Å²) in [6.45, 7) is 8.02. The van der Waals surface area contributed by atoms with Gasteiger partial charge in [-0.1, -0.05) is 56.2 Å². The van der Waals surface area contributed by atoms with Crippen molar-refractivity contribution in [2.24, 2.45) is 46.3 Å². The van der Waals surface area contributed by atoms with Crippen molar-refractivity contribution in [2.75, 3.05) is 4.43 Å². The Balaban J connectivity index is 1.57. The number of fused-ring (bicyclic) bond motifs is 5. The molecule has 4 saturated carbocycles. The molecule has 0 amide bonds. The number of hydrogen-bond acceptors (Lipinski definition) is 0. The molecule has 0 nitrogen and oxygen atoms in total. The minimum absolute atomic E-state index is 0.685. The summed E-state index contributed by atoms with van der Waals surface area (Å²) in [5.74, 6) is 6.28. The third kappa shape index (κ3) is 2.64. The third-order valence-corrected chi connectivity index (χ3v) is 10.5. The molecule has 0 heterocycles. The van der Waals surface area contributed by atoms with Crippen LogP contribution in [0.2, 0.25) is 0 Å². The van der Waals surface area contributed by atoms with Crippen molar-refractivity contribution in [3.05, 3.63) is 0 Å². The van der Waals surface area contributed by atoms with E-state index in [-0.39, 0.29) is 0 Å². The van der Waals surface area contributed by atoms with Gasteiger partial charge in [-0.3, -0.25) is 0 Å². The predicted molar refractivity (Wildman–Crippen MR) is 113 cm³/mol. The van der Waals surface area contributed by atoms with Gasteiger partial charge in [0.05, 0.1) is 0 Å². The van der Waals surface area contributed by atoms with E-state index < -0.39 is 0 Å². The molecule has 4 aliphatic carbocycles. The minimum Gasteiger partial charge on any atom is -0.0864 e. The Bertz CT molecular complexity index is 459. The molecular weight excluding hydrogens is 403 g/mol. The maximum absolute atomic E-state index is 2.73. The van der Waals surface area contributed by atoms with Gasteiger partial charge in [-0.15, -0.1) is 0 Å². The molecule has 8 atom stereocenters. The van der Waals surface area contributed by atoms with Crippen molar-refractivity contribution in [1.29, 1.82) is 0 Å². The van der Waals surface area contributed by atoms with Crippen LogP contribution in [0, 0.1) is 46.3 Å². The summed E-state index contributed by atoms with van der Waals surface area (Å²) in [5.41, 5.74) is 1.40. The topological polar surface area (TPSA) is 0 Å². The van der Waals surface area contributed by atoms with Crippen LogP contribution in [0.4, 0.5) is 0 Å². The average Bonchev–Trinajstić information content (AvgIpc) is 2.92. The number of hydrogen-bond donors (Lipinski definition) is 0. The molecule has 0 unspecified atom stereocenters. The quantitative estimate of drug-likeness (QED) is 0.314. The van der Waals surface area contributed by atoms with Crippen LogP contribution in [-0.2, 0) is 0 Å². The maximum atomic E-state index is 2.73. The van der Waals surface area contributed by atoms with Gasteiger partial charge in [-0.05, 0) is 109 Å². The Morgan fingerprint density at radius 3 is 2.46 bits per heavy atom. The van der Waals surface area contributed by atoms with Crippen molar-refractivity contribution in [3.63, 3.8) is 0 Å². The fraction of sp³-hybridized carbons (Fsp3) is 1.00. The van der Waals surface area contributed by atoms with Crippen molar-refractivity contribution in [3.8, 4) is 0 Å². The zero-order valence-electron chi connectivity index (χ0n) is 16.3. The van der Waals surface area contributed by atoms with Crippen LogP contribution in [0.3, 0.4) is 0 Å². The predicted octanol–water partition coefficient (Wildman–Crippen LogP) is 7.50. The smallest absolute Gasteiger partial charge is 0.000209 e. The second kappa shape index (κ2) is 6.71. The summed E-state index contributed by atoms with van der Waals surface area (Å²) in [4.78, 5) is 0. The van der Waals surface area contributed by atoms with Crippen LogP contribution in [0.5, 0.6) is 0 Å². The molecule has 0 saturated heterocycles. The highest BCUT2D eigenvalue weighted by molar-refractivity contribution is 14.1. The Morgan fingerprint density at radius 2 is 1.67 bits per heavy atom. The van der Waals surface area contributed by atoms with Crippen LogP contribution in [0.1, 0.15) is 91.4 Å². The van der Waals surface area contributed by atoms with E-state index in [4.69, 9.17) is 0 Å². The second-order valence-electron chi connectivity index (χ2n) is 10.6. The maximum Gasteiger partial charge on any atom is -0.000209 e. The first-order valence-electron chi connectivity index (χ1n) is 11.1. The van der Waals surface area contributed by atoms with E-state index in [1.807, 2.05) is 0 Å². The van der Waals surface area contributed by atoms with Crippen LogP contribution < -0.4 is 0 Å². The zero-order chi connectivity index (χ0) is 16.9.